The van der Waals surface area contributed by atoms with Crippen molar-refractivity contribution in [1.29, 1.82) is 0 Å². The van der Waals surface area contributed by atoms with Gasteiger partial charge in [0.15, 0.2) is 0 Å². The van der Waals surface area contributed by atoms with Crippen molar-refractivity contribution in [2.45, 2.75) is 18.9 Å². The van der Waals surface area contributed by atoms with Crippen molar-refractivity contribution in [3.05, 3.63) is 33.8 Å². The maximum atomic E-state index is 13.7. The molecule has 1 aromatic carbocycles. The van der Waals surface area contributed by atoms with Gasteiger partial charge in [-0.3, -0.25) is 4.79 Å². The first kappa shape index (κ1) is 16.3. The van der Waals surface area contributed by atoms with Gasteiger partial charge in [0, 0.05) is 19.1 Å². The Kier molecular flexibility index (Phi) is 5.70. The summed E-state index contributed by atoms with van der Waals surface area (Å²) in [4.78, 5) is 13.6. The van der Waals surface area contributed by atoms with E-state index in [2.05, 4.69) is 15.9 Å². The van der Waals surface area contributed by atoms with Gasteiger partial charge in [-0.2, -0.15) is 0 Å². The summed E-state index contributed by atoms with van der Waals surface area (Å²) in [5.41, 5.74) is 5.52. The van der Waals surface area contributed by atoms with Crippen molar-refractivity contribution in [1.82, 2.24) is 4.90 Å². The Morgan fingerprint density at radius 1 is 1.37 bits per heavy atom. The third-order valence-corrected chi connectivity index (χ3v) is 3.59. The average molecular weight is 356 g/mol. The van der Waals surface area contributed by atoms with Crippen molar-refractivity contribution in [2.75, 3.05) is 13.1 Å². The molecule has 1 fully saturated rings. The Labute approximate surface area is 124 Å². The van der Waals surface area contributed by atoms with Gasteiger partial charge in [-0.05, 0) is 40.9 Å². The number of piperidine rings is 1. The summed E-state index contributed by atoms with van der Waals surface area (Å²) in [5, 5.41) is 0. The first-order valence-electron chi connectivity index (χ1n) is 5.68. The molecule has 0 radical (unpaired) electrons. The molecule has 2 N–H and O–H groups in total. The fourth-order valence-corrected chi connectivity index (χ4v) is 2.37. The molecule has 0 unspecified atom stereocenters. The van der Waals surface area contributed by atoms with Crippen molar-refractivity contribution < 1.29 is 13.6 Å². The predicted molar refractivity (Wildman–Crippen MR) is 74.4 cm³/mol. The summed E-state index contributed by atoms with van der Waals surface area (Å²) in [7, 11) is 0. The number of halogens is 4. The Bertz CT molecular complexity index is 487. The van der Waals surface area contributed by atoms with Crippen LogP contribution in [0.4, 0.5) is 8.78 Å². The Hall–Kier alpha value is -0.720. The monoisotopic (exact) mass is 354 g/mol. The maximum Gasteiger partial charge on any atom is 0.256 e. The lowest BCUT2D eigenvalue weighted by molar-refractivity contribution is 0.0703. The summed E-state index contributed by atoms with van der Waals surface area (Å²) in [5.74, 6) is -1.89. The van der Waals surface area contributed by atoms with E-state index >= 15 is 0 Å². The summed E-state index contributed by atoms with van der Waals surface area (Å²) >= 11 is 2.87. The summed E-state index contributed by atoms with van der Waals surface area (Å²) < 4.78 is 27.0. The van der Waals surface area contributed by atoms with Crippen LogP contribution in [-0.2, 0) is 0 Å². The van der Waals surface area contributed by atoms with Crippen molar-refractivity contribution in [2.24, 2.45) is 5.73 Å². The minimum Gasteiger partial charge on any atom is -0.337 e. The highest BCUT2D eigenvalue weighted by Crippen LogP contribution is 2.22. The molecule has 1 aromatic rings. The number of nitrogens with two attached hydrogens (primary N) is 1. The second-order valence-corrected chi connectivity index (χ2v) is 5.25. The van der Waals surface area contributed by atoms with Gasteiger partial charge in [-0.15, -0.1) is 12.4 Å². The molecule has 0 spiro atoms. The normalized spacial score (nSPS) is 18.9. The van der Waals surface area contributed by atoms with Crippen LogP contribution in [0.2, 0.25) is 0 Å². The van der Waals surface area contributed by atoms with Gasteiger partial charge in [-0.25, -0.2) is 8.78 Å². The lowest BCUT2D eigenvalue weighted by atomic mass is 10.1. The molecule has 1 saturated heterocycles. The lowest BCUT2D eigenvalue weighted by Crippen LogP contribution is -2.45. The fraction of sp³-hybridized carbons (Fsp3) is 0.417. The zero-order chi connectivity index (χ0) is 13.3. The first-order chi connectivity index (χ1) is 8.49. The highest BCUT2D eigenvalue weighted by molar-refractivity contribution is 9.10. The number of hydrogen-bond donors (Lipinski definition) is 1. The number of amides is 1. The van der Waals surface area contributed by atoms with Crippen LogP contribution in [0.5, 0.6) is 0 Å². The SMILES string of the molecule is Cl.N[C@H]1CCCN(C(=O)c2cc(F)c(Br)cc2F)C1. The van der Waals surface area contributed by atoms with Crippen molar-refractivity contribution >= 4 is 34.2 Å². The first-order valence-corrected chi connectivity index (χ1v) is 6.47. The number of nitrogens with zero attached hydrogens (tertiary/aromatic N) is 1. The summed E-state index contributed by atoms with van der Waals surface area (Å²) in [6.45, 7) is 0.916. The van der Waals surface area contributed by atoms with E-state index in [4.69, 9.17) is 5.73 Å². The van der Waals surface area contributed by atoms with Crippen LogP contribution in [0.25, 0.3) is 0 Å². The fourth-order valence-electron chi connectivity index (χ4n) is 2.05. The molecule has 0 saturated carbocycles. The van der Waals surface area contributed by atoms with Gasteiger partial charge in [0.25, 0.3) is 5.91 Å². The van der Waals surface area contributed by atoms with E-state index in [9.17, 15) is 13.6 Å². The Morgan fingerprint density at radius 2 is 2.05 bits per heavy atom. The van der Waals surface area contributed by atoms with E-state index < -0.39 is 17.5 Å². The minimum absolute atomic E-state index is 0. The molecule has 1 aliphatic rings. The molecule has 1 amide bonds. The van der Waals surface area contributed by atoms with E-state index in [-0.39, 0.29) is 28.5 Å². The van der Waals surface area contributed by atoms with Crippen molar-refractivity contribution in [3.8, 4) is 0 Å². The van der Waals surface area contributed by atoms with Gasteiger partial charge in [0.2, 0.25) is 0 Å². The number of benzene rings is 1. The van der Waals surface area contributed by atoms with Crippen LogP contribution < -0.4 is 5.73 Å². The largest absolute Gasteiger partial charge is 0.337 e. The summed E-state index contributed by atoms with van der Waals surface area (Å²) in [6.07, 6.45) is 1.63. The van der Waals surface area contributed by atoms with Crippen LogP contribution in [-0.4, -0.2) is 29.9 Å². The smallest absolute Gasteiger partial charge is 0.256 e. The Balaban J connectivity index is 0.00000180. The van der Waals surface area contributed by atoms with Gasteiger partial charge >= 0.3 is 0 Å². The number of carbonyl (C=O) groups excluding carboxylic acids is 1. The van der Waals surface area contributed by atoms with E-state index in [1.807, 2.05) is 0 Å². The van der Waals surface area contributed by atoms with Crippen LogP contribution in [0.1, 0.15) is 23.2 Å². The quantitative estimate of drug-likeness (QED) is 0.787. The molecule has 2 rings (SSSR count). The minimum atomic E-state index is -0.729. The molecule has 0 bridgehead atoms. The molecule has 1 heterocycles. The molecule has 3 nitrogen and oxygen atoms in total. The highest BCUT2D eigenvalue weighted by atomic mass is 79.9. The lowest BCUT2D eigenvalue weighted by Gasteiger charge is -2.30. The molecule has 0 aliphatic carbocycles. The van der Waals surface area contributed by atoms with Gasteiger partial charge in [-0.1, -0.05) is 0 Å². The zero-order valence-electron chi connectivity index (χ0n) is 10.0. The predicted octanol–water partition coefficient (Wildman–Crippen LogP) is 2.71. The number of rotatable bonds is 1. The molecule has 1 atom stereocenters. The van der Waals surface area contributed by atoms with Crippen LogP contribution in [0, 0.1) is 11.6 Å². The highest BCUT2D eigenvalue weighted by Gasteiger charge is 2.25. The second kappa shape index (κ2) is 6.63. The van der Waals surface area contributed by atoms with Gasteiger partial charge in [0.05, 0.1) is 10.0 Å². The molecule has 0 aromatic heterocycles. The van der Waals surface area contributed by atoms with Crippen molar-refractivity contribution in [3.63, 3.8) is 0 Å². The molecule has 1 aliphatic heterocycles. The number of hydrogen-bond acceptors (Lipinski definition) is 2. The second-order valence-electron chi connectivity index (χ2n) is 4.40. The van der Waals surface area contributed by atoms with Gasteiger partial charge < -0.3 is 10.6 Å². The third kappa shape index (κ3) is 3.64. The molecule has 19 heavy (non-hydrogen) atoms. The van der Waals surface area contributed by atoms with Crippen LogP contribution in [0.15, 0.2) is 16.6 Å². The molecule has 7 heteroatoms. The maximum absolute atomic E-state index is 13.7. The van der Waals surface area contributed by atoms with Crippen LogP contribution >= 0.6 is 28.3 Å². The van der Waals surface area contributed by atoms with Gasteiger partial charge in [0.1, 0.15) is 11.6 Å². The zero-order valence-corrected chi connectivity index (χ0v) is 12.4. The molecular formula is C12H14BrClF2N2O. The van der Waals surface area contributed by atoms with E-state index in [0.29, 0.717) is 13.1 Å². The number of carbonyl (C=O) groups is 1. The number of likely N-dealkylation sites (tertiary alicyclic amines) is 1. The third-order valence-electron chi connectivity index (χ3n) is 2.99. The standard InChI is InChI=1S/C12H13BrF2N2O.ClH/c13-9-5-10(14)8(4-11(9)15)12(18)17-3-1-2-7(16)6-17;/h4-5,7H,1-3,6,16H2;1H/t7-;/m0./s1. The van der Waals surface area contributed by atoms with E-state index in [0.717, 1.165) is 25.0 Å². The van der Waals surface area contributed by atoms with E-state index in [1.165, 1.54) is 4.90 Å². The Morgan fingerprint density at radius 3 is 2.68 bits per heavy atom. The van der Waals surface area contributed by atoms with Crippen LogP contribution in [0.3, 0.4) is 0 Å². The molecule has 106 valence electrons. The van der Waals surface area contributed by atoms with E-state index in [1.54, 1.807) is 0 Å². The molecular weight excluding hydrogens is 341 g/mol. The topological polar surface area (TPSA) is 46.3 Å². The summed E-state index contributed by atoms with van der Waals surface area (Å²) in [6, 6.07) is 1.79. The average Bonchev–Trinajstić information content (AvgIpc) is 2.33.